The van der Waals surface area contributed by atoms with Crippen LogP contribution in [0.25, 0.3) is 11.4 Å². The molecular weight excluding hydrogens is 487 g/mol. The molecule has 3 aromatic carbocycles. The second-order valence-corrected chi connectivity index (χ2v) is 8.17. The summed E-state index contributed by atoms with van der Waals surface area (Å²) in [4.78, 5) is 28.4. The van der Waals surface area contributed by atoms with E-state index in [4.69, 9.17) is 16.3 Å². The Balaban J connectivity index is 1.45. The highest BCUT2D eigenvalue weighted by Gasteiger charge is 2.21. The molecule has 0 bridgehead atoms. The summed E-state index contributed by atoms with van der Waals surface area (Å²) in [6.45, 7) is -0.199. The van der Waals surface area contributed by atoms with Crippen LogP contribution in [-0.4, -0.2) is 45.7 Å². The maximum atomic E-state index is 13.2. The number of tetrazole rings is 1. The third-order valence-electron chi connectivity index (χ3n) is 5.22. The Hall–Kier alpha value is -4.31. The number of nitrogens with zero attached hydrogens (tertiary/aromatic N) is 5. The SMILES string of the molecule is COc1ccc(CNC(=O)CN(C(=O)Cn2nnc(-c3ccc(F)cc3)n2)c2ccc(Cl)cc2)cc1. The van der Waals surface area contributed by atoms with Gasteiger partial charge in [0.1, 0.15) is 24.7 Å². The summed E-state index contributed by atoms with van der Waals surface area (Å²) in [5, 5.41) is 15.4. The lowest BCUT2D eigenvalue weighted by Gasteiger charge is -2.22. The highest BCUT2D eigenvalue weighted by Crippen LogP contribution is 2.19. The Kier molecular flexibility index (Phi) is 7.86. The van der Waals surface area contributed by atoms with E-state index in [0.717, 1.165) is 10.4 Å². The second kappa shape index (κ2) is 11.4. The molecule has 9 nitrogen and oxygen atoms in total. The number of nitrogens with one attached hydrogen (secondary N) is 1. The van der Waals surface area contributed by atoms with Gasteiger partial charge in [-0.2, -0.15) is 4.80 Å². The minimum absolute atomic E-state index is 0.226. The predicted octanol–water partition coefficient (Wildman–Crippen LogP) is 3.49. The lowest BCUT2D eigenvalue weighted by molar-refractivity contribution is -0.124. The van der Waals surface area contributed by atoms with Crippen molar-refractivity contribution in [1.29, 1.82) is 0 Å². The number of halogens is 2. The number of benzene rings is 3. The Morgan fingerprint density at radius 1 is 1.03 bits per heavy atom. The van der Waals surface area contributed by atoms with E-state index in [1.54, 1.807) is 43.5 Å². The molecule has 4 rings (SSSR count). The van der Waals surface area contributed by atoms with Gasteiger partial charge in [0, 0.05) is 22.8 Å². The number of aromatic nitrogens is 4. The number of anilines is 1. The van der Waals surface area contributed by atoms with Crippen LogP contribution in [0.1, 0.15) is 5.56 Å². The topological polar surface area (TPSA) is 102 Å². The number of ether oxygens (including phenoxy) is 1. The van der Waals surface area contributed by atoms with Gasteiger partial charge in [0.05, 0.1) is 7.11 Å². The normalized spacial score (nSPS) is 10.6. The van der Waals surface area contributed by atoms with Crippen LogP contribution in [0.4, 0.5) is 10.1 Å². The second-order valence-electron chi connectivity index (χ2n) is 7.73. The minimum Gasteiger partial charge on any atom is -0.497 e. The molecule has 0 spiro atoms. The molecule has 0 unspecified atom stereocenters. The molecular formula is C25H22ClFN6O3. The fourth-order valence-corrected chi connectivity index (χ4v) is 3.45. The molecule has 0 atom stereocenters. The minimum atomic E-state index is -0.431. The average Bonchev–Trinajstić information content (AvgIpc) is 3.35. The van der Waals surface area contributed by atoms with Crippen LogP contribution in [0.15, 0.2) is 72.8 Å². The van der Waals surface area contributed by atoms with Crippen LogP contribution in [-0.2, 0) is 22.7 Å². The van der Waals surface area contributed by atoms with Crippen molar-refractivity contribution in [2.24, 2.45) is 0 Å². The maximum Gasteiger partial charge on any atom is 0.251 e. The molecule has 1 aromatic heterocycles. The van der Waals surface area contributed by atoms with Gasteiger partial charge < -0.3 is 15.0 Å². The van der Waals surface area contributed by atoms with Crippen molar-refractivity contribution in [2.45, 2.75) is 13.1 Å². The van der Waals surface area contributed by atoms with Crippen molar-refractivity contribution in [1.82, 2.24) is 25.5 Å². The van der Waals surface area contributed by atoms with E-state index in [2.05, 4.69) is 20.7 Å². The molecule has 0 radical (unpaired) electrons. The van der Waals surface area contributed by atoms with Crippen molar-refractivity contribution in [3.63, 3.8) is 0 Å². The first-order valence-electron chi connectivity index (χ1n) is 10.9. The summed E-state index contributed by atoms with van der Waals surface area (Å²) in [5.74, 6) is -0.204. The summed E-state index contributed by atoms with van der Waals surface area (Å²) < 4.78 is 18.3. The molecule has 11 heteroatoms. The zero-order chi connectivity index (χ0) is 25.5. The van der Waals surface area contributed by atoms with E-state index in [0.29, 0.717) is 22.0 Å². The first-order valence-corrected chi connectivity index (χ1v) is 11.3. The highest BCUT2D eigenvalue weighted by molar-refractivity contribution is 6.30. The fourth-order valence-electron chi connectivity index (χ4n) is 3.32. The third-order valence-corrected chi connectivity index (χ3v) is 5.47. The zero-order valence-electron chi connectivity index (χ0n) is 19.3. The molecule has 1 heterocycles. The van der Waals surface area contributed by atoms with Gasteiger partial charge in [-0.3, -0.25) is 9.59 Å². The number of hydrogen-bond acceptors (Lipinski definition) is 6. The summed E-state index contributed by atoms with van der Waals surface area (Å²) >= 11 is 5.99. The van der Waals surface area contributed by atoms with E-state index >= 15 is 0 Å². The monoisotopic (exact) mass is 508 g/mol. The molecule has 0 saturated heterocycles. The number of carbonyl (C=O) groups is 2. The number of amides is 2. The van der Waals surface area contributed by atoms with Crippen molar-refractivity contribution >= 4 is 29.1 Å². The highest BCUT2D eigenvalue weighted by atomic mass is 35.5. The third kappa shape index (κ3) is 6.42. The standard InChI is InChI=1S/C25H22ClFN6O3/c1-36-22-12-2-17(3-13-22)14-28-23(34)15-32(21-10-6-19(26)7-11-21)24(35)16-33-30-25(29-31-33)18-4-8-20(27)9-5-18/h2-13H,14-16H2,1H3,(H,28,34). The average molecular weight is 509 g/mol. The van der Waals surface area contributed by atoms with Crippen molar-refractivity contribution in [2.75, 3.05) is 18.6 Å². The molecule has 36 heavy (non-hydrogen) atoms. The lowest BCUT2D eigenvalue weighted by atomic mass is 10.2. The molecule has 0 aliphatic carbocycles. The smallest absolute Gasteiger partial charge is 0.251 e. The maximum absolute atomic E-state index is 13.2. The first kappa shape index (κ1) is 24.8. The fraction of sp³-hybridized carbons (Fsp3) is 0.160. The van der Waals surface area contributed by atoms with Crippen LogP contribution in [0.3, 0.4) is 0 Å². The Morgan fingerprint density at radius 2 is 1.72 bits per heavy atom. The van der Waals surface area contributed by atoms with Crippen LogP contribution in [0.2, 0.25) is 5.02 Å². The molecule has 0 saturated carbocycles. The molecule has 0 aliphatic rings. The largest absolute Gasteiger partial charge is 0.497 e. The predicted molar refractivity (Wildman–Crippen MR) is 132 cm³/mol. The summed E-state index contributed by atoms with van der Waals surface area (Å²) in [6, 6.07) is 19.5. The molecule has 0 aliphatic heterocycles. The quantitative estimate of drug-likeness (QED) is 0.371. The summed E-state index contributed by atoms with van der Waals surface area (Å²) in [7, 11) is 1.58. The Morgan fingerprint density at radius 3 is 2.39 bits per heavy atom. The number of rotatable bonds is 9. The Bertz CT molecular complexity index is 1330. The first-order chi connectivity index (χ1) is 17.4. The van der Waals surface area contributed by atoms with Gasteiger partial charge in [0.15, 0.2) is 0 Å². The number of carbonyl (C=O) groups excluding carboxylic acids is 2. The summed E-state index contributed by atoms with van der Waals surface area (Å²) in [5.41, 5.74) is 1.93. The van der Waals surface area contributed by atoms with Gasteiger partial charge in [-0.1, -0.05) is 23.7 Å². The van der Waals surface area contributed by atoms with Crippen molar-refractivity contribution < 1.29 is 18.7 Å². The molecule has 0 fully saturated rings. The van der Waals surface area contributed by atoms with E-state index < -0.39 is 5.91 Å². The number of hydrogen-bond donors (Lipinski definition) is 1. The van der Waals surface area contributed by atoms with Crippen LogP contribution < -0.4 is 15.0 Å². The van der Waals surface area contributed by atoms with Crippen LogP contribution in [0.5, 0.6) is 5.75 Å². The van der Waals surface area contributed by atoms with Gasteiger partial charge in [0.2, 0.25) is 11.7 Å². The van der Waals surface area contributed by atoms with Gasteiger partial charge in [-0.05, 0) is 71.4 Å². The molecule has 4 aromatic rings. The number of methoxy groups -OCH3 is 1. The van der Waals surface area contributed by atoms with Gasteiger partial charge >= 0.3 is 0 Å². The van der Waals surface area contributed by atoms with Gasteiger partial charge in [0.25, 0.3) is 5.91 Å². The van der Waals surface area contributed by atoms with Crippen LogP contribution >= 0.6 is 11.6 Å². The van der Waals surface area contributed by atoms with Crippen molar-refractivity contribution in [3.8, 4) is 17.1 Å². The molecule has 2 amide bonds. The van der Waals surface area contributed by atoms with E-state index in [1.807, 2.05) is 12.1 Å². The van der Waals surface area contributed by atoms with Crippen LogP contribution in [0, 0.1) is 5.82 Å². The zero-order valence-corrected chi connectivity index (χ0v) is 20.0. The van der Waals surface area contributed by atoms with E-state index in [1.165, 1.54) is 29.2 Å². The van der Waals surface area contributed by atoms with Gasteiger partial charge in [-0.25, -0.2) is 4.39 Å². The summed E-state index contributed by atoms with van der Waals surface area (Å²) in [6.07, 6.45) is 0. The molecule has 1 N–H and O–H groups in total. The van der Waals surface area contributed by atoms with Gasteiger partial charge in [-0.15, -0.1) is 10.2 Å². The molecule has 184 valence electrons. The Labute approximate surface area is 211 Å². The van der Waals surface area contributed by atoms with Crippen molar-refractivity contribution in [3.05, 3.63) is 89.2 Å². The lowest BCUT2D eigenvalue weighted by Crippen LogP contribution is -2.42. The van der Waals surface area contributed by atoms with E-state index in [-0.39, 0.29) is 37.2 Å². The van der Waals surface area contributed by atoms with E-state index in [9.17, 15) is 14.0 Å².